The number of nitrogens with two attached hydrogens (primary N) is 1. The number of hydrogen-bond donors (Lipinski definition) is 2. The summed E-state index contributed by atoms with van der Waals surface area (Å²) in [6, 6.07) is -1.43. The van der Waals surface area contributed by atoms with E-state index < -0.39 is 34.0 Å². The first-order valence-corrected chi connectivity index (χ1v) is 8.04. The molecular weight excluding hydrogens is 307 g/mol. The van der Waals surface area contributed by atoms with Crippen LogP contribution in [0.25, 0.3) is 0 Å². The quantitative estimate of drug-likeness (QED) is 0.661. The van der Waals surface area contributed by atoms with Crippen LogP contribution in [-0.4, -0.2) is 32.2 Å². The van der Waals surface area contributed by atoms with Gasteiger partial charge >= 0.3 is 10.2 Å². The van der Waals surface area contributed by atoms with Gasteiger partial charge in [0.2, 0.25) is 5.91 Å². The molecule has 0 spiro atoms. The van der Waals surface area contributed by atoms with Crippen molar-refractivity contribution in [2.24, 2.45) is 17.6 Å². The number of hydrogen-bond acceptors (Lipinski definition) is 4. The summed E-state index contributed by atoms with van der Waals surface area (Å²) in [5.41, 5.74) is 5.71. The summed E-state index contributed by atoms with van der Waals surface area (Å²) in [4.78, 5) is 11.8. The minimum absolute atomic E-state index is 0. The molecular formula is C12H26ClFN2O3S. The zero-order valence-corrected chi connectivity index (χ0v) is 14.1. The van der Waals surface area contributed by atoms with Crippen molar-refractivity contribution in [3.8, 4) is 0 Å². The first-order valence-electron chi connectivity index (χ1n) is 6.49. The third kappa shape index (κ3) is 11.4. The summed E-state index contributed by atoms with van der Waals surface area (Å²) in [5, 5.41) is 2.53. The molecule has 8 heteroatoms. The van der Waals surface area contributed by atoms with E-state index in [1.165, 1.54) is 0 Å². The van der Waals surface area contributed by atoms with E-state index >= 15 is 0 Å². The highest BCUT2D eigenvalue weighted by Crippen LogP contribution is 2.09. The van der Waals surface area contributed by atoms with Gasteiger partial charge in [-0.1, -0.05) is 27.7 Å². The Hall–Kier alpha value is -0.400. The molecule has 20 heavy (non-hydrogen) atoms. The molecule has 0 rings (SSSR count). The van der Waals surface area contributed by atoms with Crippen molar-refractivity contribution >= 4 is 28.5 Å². The lowest BCUT2D eigenvalue weighted by atomic mass is 10.0. The largest absolute Gasteiger partial charge is 0.351 e. The fourth-order valence-corrected chi connectivity index (χ4v) is 2.60. The van der Waals surface area contributed by atoms with Crippen LogP contribution >= 0.6 is 12.4 Å². The molecule has 0 heterocycles. The van der Waals surface area contributed by atoms with Gasteiger partial charge < -0.3 is 11.1 Å². The second kappa shape index (κ2) is 9.52. The highest BCUT2D eigenvalue weighted by atomic mass is 35.5. The topological polar surface area (TPSA) is 89.3 Å². The first kappa shape index (κ1) is 21.9. The molecule has 0 saturated heterocycles. The van der Waals surface area contributed by atoms with Crippen molar-refractivity contribution in [3.63, 3.8) is 0 Å². The van der Waals surface area contributed by atoms with Gasteiger partial charge in [-0.3, -0.25) is 4.79 Å². The van der Waals surface area contributed by atoms with E-state index in [0.29, 0.717) is 12.8 Å². The van der Waals surface area contributed by atoms with Crippen LogP contribution in [-0.2, 0) is 15.0 Å². The second-order valence-corrected chi connectivity index (χ2v) is 7.19. The van der Waals surface area contributed by atoms with Gasteiger partial charge in [0.1, 0.15) is 5.75 Å². The molecule has 3 N–H and O–H groups in total. The van der Waals surface area contributed by atoms with Crippen LogP contribution in [0.1, 0.15) is 40.5 Å². The molecule has 2 atom stereocenters. The van der Waals surface area contributed by atoms with E-state index in [1.807, 2.05) is 27.7 Å². The van der Waals surface area contributed by atoms with Crippen LogP contribution in [0.5, 0.6) is 0 Å². The molecule has 0 radical (unpaired) electrons. The molecule has 5 nitrogen and oxygen atoms in total. The summed E-state index contributed by atoms with van der Waals surface area (Å²) in [5.74, 6) is -0.726. The fraction of sp³-hybridized carbons (Fsp3) is 0.917. The number of amides is 1. The Bertz CT molecular complexity index is 388. The number of carbonyl (C=O) groups is 1. The summed E-state index contributed by atoms with van der Waals surface area (Å²) < 4.78 is 34.1. The SMILES string of the molecule is CC(C)C[C@@H](CS(=O)(=O)F)NC(=O)[C@@H](N)CC(C)C.Cl. The van der Waals surface area contributed by atoms with Gasteiger partial charge in [-0.05, 0) is 24.7 Å². The Labute approximate surface area is 127 Å². The zero-order chi connectivity index (χ0) is 15.2. The van der Waals surface area contributed by atoms with E-state index in [0.717, 1.165) is 0 Å². The predicted molar refractivity (Wildman–Crippen MR) is 81.0 cm³/mol. The Morgan fingerprint density at radius 1 is 1.15 bits per heavy atom. The van der Waals surface area contributed by atoms with Gasteiger partial charge in [0.15, 0.2) is 0 Å². The van der Waals surface area contributed by atoms with Gasteiger partial charge in [0.25, 0.3) is 0 Å². The zero-order valence-electron chi connectivity index (χ0n) is 12.4. The maximum Gasteiger partial charge on any atom is 0.304 e. The van der Waals surface area contributed by atoms with Gasteiger partial charge in [-0.25, -0.2) is 0 Å². The van der Waals surface area contributed by atoms with Crippen molar-refractivity contribution in [2.45, 2.75) is 52.6 Å². The van der Waals surface area contributed by atoms with Crippen LogP contribution in [0.2, 0.25) is 0 Å². The van der Waals surface area contributed by atoms with Crippen LogP contribution in [0.15, 0.2) is 0 Å². The van der Waals surface area contributed by atoms with Crippen LogP contribution < -0.4 is 11.1 Å². The highest BCUT2D eigenvalue weighted by Gasteiger charge is 2.24. The van der Waals surface area contributed by atoms with Gasteiger partial charge in [-0.2, -0.15) is 8.42 Å². The van der Waals surface area contributed by atoms with Crippen LogP contribution in [0, 0.1) is 11.8 Å². The Balaban J connectivity index is 0. The van der Waals surface area contributed by atoms with E-state index in [2.05, 4.69) is 5.32 Å². The predicted octanol–water partition coefficient (Wildman–Crippen LogP) is 1.61. The molecule has 0 saturated carbocycles. The second-order valence-electron chi connectivity index (χ2n) is 5.78. The van der Waals surface area contributed by atoms with E-state index in [-0.39, 0.29) is 24.2 Å². The van der Waals surface area contributed by atoms with E-state index in [1.54, 1.807) is 0 Å². The van der Waals surface area contributed by atoms with Crippen LogP contribution in [0.3, 0.4) is 0 Å². The normalized spacial score (nSPS) is 14.8. The van der Waals surface area contributed by atoms with Crippen molar-refractivity contribution < 1.29 is 17.1 Å². The number of halogens is 2. The molecule has 0 aliphatic heterocycles. The van der Waals surface area contributed by atoms with Gasteiger partial charge in [-0.15, -0.1) is 16.3 Å². The summed E-state index contributed by atoms with van der Waals surface area (Å²) in [7, 11) is -4.62. The molecule has 0 aliphatic rings. The minimum Gasteiger partial charge on any atom is -0.351 e. The lowest BCUT2D eigenvalue weighted by Gasteiger charge is -2.22. The lowest BCUT2D eigenvalue weighted by molar-refractivity contribution is -0.123. The highest BCUT2D eigenvalue weighted by molar-refractivity contribution is 7.86. The van der Waals surface area contributed by atoms with Gasteiger partial charge in [0, 0.05) is 6.04 Å². The molecule has 0 aliphatic carbocycles. The monoisotopic (exact) mass is 332 g/mol. The third-order valence-electron chi connectivity index (χ3n) is 2.56. The maximum absolute atomic E-state index is 12.7. The Morgan fingerprint density at radius 3 is 1.95 bits per heavy atom. The third-order valence-corrected chi connectivity index (χ3v) is 3.37. The molecule has 0 fully saturated rings. The van der Waals surface area contributed by atoms with Crippen LogP contribution in [0.4, 0.5) is 3.89 Å². The maximum atomic E-state index is 12.7. The molecule has 1 amide bonds. The minimum atomic E-state index is -4.62. The van der Waals surface area contributed by atoms with Gasteiger partial charge in [0.05, 0.1) is 6.04 Å². The molecule has 0 aromatic rings. The first-order chi connectivity index (χ1) is 8.51. The summed E-state index contributed by atoms with van der Waals surface area (Å²) in [6.45, 7) is 7.62. The van der Waals surface area contributed by atoms with Crippen molar-refractivity contribution in [1.82, 2.24) is 5.32 Å². The average Bonchev–Trinajstić information content (AvgIpc) is 2.11. The summed E-state index contributed by atoms with van der Waals surface area (Å²) >= 11 is 0. The fourth-order valence-electron chi connectivity index (χ4n) is 1.90. The van der Waals surface area contributed by atoms with Crippen molar-refractivity contribution in [2.75, 3.05) is 5.75 Å². The Kier molecular flexibility index (Phi) is 10.4. The molecule has 0 unspecified atom stereocenters. The number of nitrogens with one attached hydrogen (secondary N) is 1. The molecule has 122 valence electrons. The smallest absolute Gasteiger partial charge is 0.304 e. The molecule has 0 aromatic heterocycles. The van der Waals surface area contributed by atoms with E-state index in [4.69, 9.17) is 5.73 Å². The average molecular weight is 333 g/mol. The number of carbonyl (C=O) groups excluding carboxylic acids is 1. The van der Waals surface area contributed by atoms with E-state index in [9.17, 15) is 17.1 Å². The molecule has 0 aromatic carbocycles. The standard InChI is InChI=1S/C12H25FN2O3S.ClH/c1-8(2)5-10(7-19(13,17)18)15-12(16)11(14)6-9(3)4;/h8-11H,5-7,14H2,1-4H3,(H,15,16);1H/t10-,11-;/m0./s1. The number of rotatable bonds is 8. The van der Waals surface area contributed by atoms with Crippen molar-refractivity contribution in [1.29, 1.82) is 0 Å². The summed E-state index contributed by atoms with van der Waals surface area (Å²) in [6.07, 6.45) is 0.895. The Morgan fingerprint density at radius 2 is 1.60 bits per heavy atom. The molecule has 0 bridgehead atoms. The lowest BCUT2D eigenvalue weighted by Crippen LogP contribution is -2.48. The van der Waals surface area contributed by atoms with Crippen molar-refractivity contribution in [3.05, 3.63) is 0 Å².